The predicted molar refractivity (Wildman–Crippen MR) is 155 cm³/mol. The second kappa shape index (κ2) is 10.9. The maximum Gasteiger partial charge on any atom is 0.317 e. The van der Waals surface area contributed by atoms with E-state index in [-0.39, 0.29) is 33.9 Å². The number of amides is 3. The Morgan fingerprint density at radius 2 is 1.90 bits per heavy atom. The van der Waals surface area contributed by atoms with Crippen LogP contribution in [0.5, 0.6) is 0 Å². The number of nitrogens with one attached hydrogen (secondary N) is 2. The number of anilines is 1. The van der Waals surface area contributed by atoms with Crippen LogP contribution in [0.1, 0.15) is 82.9 Å². The highest BCUT2D eigenvalue weighted by Crippen LogP contribution is 2.60. The Hall–Kier alpha value is -2.31. The standard InChI is InChI=1S/C31H38Cl2FN3O2/c1-30(2,3)17-20-18-37(29(39)35-15-14-19-8-5-4-6-9-19)27(22-10-7-11-24(33)26(22)34)31(20)23-13-12-21(32)16-25(23)36-28(31)38/h7,10-13,16,19-20,27H,4-6,8-9,14-15,17-18H2,1-3H3,(H,35,39)(H,36,38)/t20-,27-,31+/m1/s1. The third kappa shape index (κ3) is 5.27. The first-order chi connectivity index (χ1) is 18.5. The summed E-state index contributed by atoms with van der Waals surface area (Å²) in [7, 11) is 0. The zero-order chi connectivity index (χ0) is 27.9. The second-order valence-corrected chi connectivity index (χ2v) is 13.5. The predicted octanol–water partition coefficient (Wildman–Crippen LogP) is 8.11. The number of carbonyl (C=O) groups is 2. The van der Waals surface area contributed by atoms with E-state index in [4.69, 9.17) is 23.2 Å². The summed E-state index contributed by atoms with van der Waals surface area (Å²) < 4.78 is 15.8. The Morgan fingerprint density at radius 1 is 1.15 bits per heavy atom. The molecule has 8 heteroatoms. The summed E-state index contributed by atoms with van der Waals surface area (Å²) in [5.41, 5.74) is 0.267. The molecule has 0 aromatic heterocycles. The molecule has 1 aliphatic carbocycles. The lowest BCUT2D eigenvalue weighted by Crippen LogP contribution is -2.48. The van der Waals surface area contributed by atoms with Crippen molar-refractivity contribution in [3.8, 4) is 0 Å². The molecule has 2 fully saturated rings. The molecule has 3 aliphatic rings. The van der Waals surface area contributed by atoms with E-state index in [1.165, 1.54) is 38.2 Å². The molecule has 0 bridgehead atoms. The molecule has 5 rings (SSSR count). The van der Waals surface area contributed by atoms with Gasteiger partial charge in [-0.05, 0) is 53.9 Å². The van der Waals surface area contributed by atoms with Gasteiger partial charge >= 0.3 is 6.03 Å². The normalized spacial score (nSPS) is 25.2. The van der Waals surface area contributed by atoms with Gasteiger partial charge in [0, 0.05) is 29.4 Å². The summed E-state index contributed by atoms with van der Waals surface area (Å²) in [5, 5.41) is 6.62. The Kier molecular flexibility index (Phi) is 7.91. The first-order valence-electron chi connectivity index (χ1n) is 14.1. The minimum atomic E-state index is -1.20. The number of likely N-dealkylation sites (tertiary alicyclic amines) is 1. The maximum absolute atomic E-state index is 15.8. The molecule has 3 amide bonds. The Bertz CT molecular complexity index is 1260. The van der Waals surface area contributed by atoms with Gasteiger partial charge < -0.3 is 15.5 Å². The lowest BCUT2D eigenvalue weighted by molar-refractivity contribution is -0.123. The zero-order valence-electron chi connectivity index (χ0n) is 23.0. The third-order valence-corrected chi connectivity index (χ3v) is 9.33. The van der Waals surface area contributed by atoms with Crippen molar-refractivity contribution in [2.75, 3.05) is 18.4 Å². The molecule has 1 spiro atoms. The SMILES string of the molecule is CC(C)(C)C[C@@H]1CN(C(=O)NCCC2CCCCC2)[C@H](c2cccc(Cl)c2F)[C@]12C(=O)Nc1cc(Cl)ccc12. The van der Waals surface area contributed by atoms with Gasteiger partial charge in [0.15, 0.2) is 0 Å². The highest BCUT2D eigenvalue weighted by Gasteiger charge is 2.65. The molecule has 3 atom stereocenters. The van der Waals surface area contributed by atoms with Crippen LogP contribution in [0.25, 0.3) is 0 Å². The van der Waals surface area contributed by atoms with Crippen molar-refractivity contribution in [1.29, 1.82) is 0 Å². The van der Waals surface area contributed by atoms with Gasteiger partial charge in [0.25, 0.3) is 0 Å². The molecule has 5 nitrogen and oxygen atoms in total. The monoisotopic (exact) mass is 573 g/mol. The summed E-state index contributed by atoms with van der Waals surface area (Å²) in [4.78, 5) is 29.7. The fraction of sp³-hybridized carbons (Fsp3) is 0.548. The van der Waals surface area contributed by atoms with Gasteiger partial charge in [0.05, 0.1) is 11.1 Å². The largest absolute Gasteiger partial charge is 0.338 e. The van der Waals surface area contributed by atoms with Crippen molar-refractivity contribution in [2.24, 2.45) is 17.3 Å². The lowest BCUT2D eigenvalue weighted by Gasteiger charge is -2.38. The molecule has 2 N–H and O–H groups in total. The van der Waals surface area contributed by atoms with Gasteiger partial charge in [-0.3, -0.25) is 4.79 Å². The van der Waals surface area contributed by atoms with Crippen molar-refractivity contribution < 1.29 is 14.0 Å². The van der Waals surface area contributed by atoms with Gasteiger partial charge in [0.1, 0.15) is 11.2 Å². The molecular formula is C31H38Cl2FN3O2. The van der Waals surface area contributed by atoms with Crippen molar-refractivity contribution in [3.63, 3.8) is 0 Å². The number of rotatable bonds is 5. The number of benzene rings is 2. The van der Waals surface area contributed by atoms with Crippen LogP contribution in [-0.4, -0.2) is 29.9 Å². The number of fused-ring (bicyclic) bond motifs is 2. The molecule has 2 heterocycles. The topological polar surface area (TPSA) is 61.4 Å². The molecule has 1 saturated carbocycles. The number of halogens is 3. The van der Waals surface area contributed by atoms with E-state index < -0.39 is 17.3 Å². The van der Waals surface area contributed by atoms with Crippen LogP contribution >= 0.6 is 23.2 Å². The maximum atomic E-state index is 15.8. The number of urea groups is 1. The summed E-state index contributed by atoms with van der Waals surface area (Å²) in [6, 6.07) is 9.01. The average molecular weight is 575 g/mol. The van der Waals surface area contributed by atoms with Crippen molar-refractivity contribution in [2.45, 2.75) is 77.2 Å². The first-order valence-corrected chi connectivity index (χ1v) is 14.9. The third-order valence-electron chi connectivity index (χ3n) is 8.80. The summed E-state index contributed by atoms with van der Waals surface area (Å²) >= 11 is 12.6. The minimum absolute atomic E-state index is 0.0330. The molecule has 2 aromatic rings. The number of hydrogen-bond donors (Lipinski definition) is 2. The van der Waals surface area contributed by atoms with Crippen LogP contribution in [0.3, 0.4) is 0 Å². The first kappa shape index (κ1) is 28.2. The highest BCUT2D eigenvalue weighted by atomic mass is 35.5. The van der Waals surface area contributed by atoms with Crippen molar-refractivity contribution >= 4 is 40.8 Å². The Morgan fingerprint density at radius 3 is 2.62 bits per heavy atom. The molecule has 39 heavy (non-hydrogen) atoms. The fourth-order valence-electron chi connectivity index (χ4n) is 7.23. The highest BCUT2D eigenvalue weighted by molar-refractivity contribution is 6.31. The summed E-state index contributed by atoms with van der Waals surface area (Å²) in [6.07, 6.45) is 7.77. The minimum Gasteiger partial charge on any atom is -0.338 e. The van der Waals surface area contributed by atoms with E-state index >= 15 is 4.39 Å². The van der Waals surface area contributed by atoms with Crippen molar-refractivity contribution in [1.82, 2.24) is 10.2 Å². The Balaban J connectivity index is 1.59. The van der Waals surface area contributed by atoms with Gasteiger partial charge in [-0.1, -0.05) is 94.3 Å². The molecule has 1 saturated heterocycles. The van der Waals surface area contributed by atoms with Gasteiger partial charge in [0.2, 0.25) is 5.91 Å². The average Bonchev–Trinajstić information content (AvgIpc) is 3.35. The van der Waals surface area contributed by atoms with E-state index in [0.717, 1.165) is 12.0 Å². The van der Waals surface area contributed by atoms with Crippen molar-refractivity contribution in [3.05, 3.63) is 63.4 Å². The van der Waals surface area contributed by atoms with Crippen LogP contribution in [0.4, 0.5) is 14.9 Å². The van der Waals surface area contributed by atoms with Gasteiger partial charge in [-0.2, -0.15) is 0 Å². The van der Waals surface area contributed by atoms with Crippen LogP contribution in [0.2, 0.25) is 10.0 Å². The summed E-state index contributed by atoms with van der Waals surface area (Å²) in [5.74, 6) is -0.477. The van der Waals surface area contributed by atoms with E-state index in [1.807, 2.05) is 6.07 Å². The van der Waals surface area contributed by atoms with E-state index in [9.17, 15) is 9.59 Å². The van der Waals surface area contributed by atoms with Crippen LogP contribution in [-0.2, 0) is 10.2 Å². The van der Waals surface area contributed by atoms with Gasteiger partial charge in [-0.15, -0.1) is 0 Å². The van der Waals surface area contributed by atoms with E-state index in [0.29, 0.717) is 36.1 Å². The Labute approximate surface area is 240 Å². The van der Waals surface area contributed by atoms with Gasteiger partial charge in [-0.25, -0.2) is 9.18 Å². The number of hydrogen-bond acceptors (Lipinski definition) is 2. The molecule has 2 aliphatic heterocycles. The van der Waals surface area contributed by atoms with E-state index in [1.54, 1.807) is 29.2 Å². The molecule has 0 unspecified atom stereocenters. The van der Waals surface area contributed by atoms with Crippen LogP contribution in [0, 0.1) is 23.1 Å². The molecular weight excluding hydrogens is 536 g/mol. The quantitative estimate of drug-likeness (QED) is 0.379. The fourth-order valence-corrected chi connectivity index (χ4v) is 7.59. The summed E-state index contributed by atoms with van der Waals surface area (Å²) in [6.45, 7) is 7.24. The molecule has 2 aromatic carbocycles. The number of nitrogens with zero attached hydrogens (tertiary/aromatic N) is 1. The van der Waals surface area contributed by atoms with Crippen LogP contribution in [0.15, 0.2) is 36.4 Å². The number of carbonyl (C=O) groups excluding carboxylic acids is 2. The zero-order valence-corrected chi connectivity index (χ0v) is 24.5. The van der Waals surface area contributed by atoms with Crippen LogP contribution < -0.4 is 10.6 Å². The lowest BCUT2D eigenvalue weighted by atomic mass is 9.63. The smallest absolute Gasteiger partial charge is 0.317 e. The molecule has 210 valence electrons. The molecule has 0 radical (unpaired) electrons. The van der Waals surface area contributed by atoms with E-state index in [2.05, 4.69) is 31.4 Å². The second-order valence-electron chi connectivity index (χ2n) is 12.7.